The summed E-state index contributed by atoms with van der Waals surface area (Å²) in [5, 5.41) is 1.71. The van der Waals surface area contributed by atoms with Gasteiger partial charge in [-0.2, -0.15) is 0 Å². The van der Waals surface area contributed by atoms with E-state index in [4.69, 9.17) is 24.9 Å². The van der Waals surface area contributed by atoms with E-state index in [0.29, 0.717) is 24.5 Å². The molecule has 0 bridgehead atoms. The number of hydrogen-bond donors (Lipinski definition) is 1. The highest BCUT2D eigenvalue weighted by Gasteiger charge is 2.40. The molecule has 0 spiro atoms. The Labute approximate surface area is 187 Å². The number of methoxy groups -OCH3 is 2. The first-order chi connectivity index (χ1) is 15.2. The molecule has 4 heterocycles. The smallest absolute Gasteiger partial charge is 0.340 e. The zero-order valence-corrected chi connectivity index (χ0v) is 19.0. The number of carbonyl (C=O) groups is 1. The zero-order chi connectivity index (χ0) is 23.0. The van der Waals surface area contributed by atoms with Crippen LogP contribution in [0.25, 0.3) is 10.8 Å². The van der Waals surface area contributed by atoms with E-state index in [1.807, 2.05) is 32.9 Å². The van der Waals surface area contributed by atoms with Crippen LogP contribution in [0.4, 0.5) is 0 Å². The number of rotatable bonds is 6. The van der Waals surface area contributed by atoms with Crippen LogP contribution in [0.15, 0.2) is 30.6 Å². The van der Waals surface area contributed by atoms with Crippen molar-refractivity contribution in [1.29, 1.82) is 0 Å². The van der Waals surface area contributed by atoms with E-state index in [1.165, 1.54) is 0 Å². The van der Waals surface area contributed by atoms with Crippen molar-refractivity contribution in [3.05, 3.63) is 58.8 Å². The molecule has 0 unspecified atom stereocenters. The quantitative estimate of drug-likeness (QED) is 0.586. The van der Waals surface area contributed by atoms with Crippen LogP contribution in [-0.2, 0) is 15.9 Å². The Balaban J connectivity index is 1.73. The van der Waals surface area contributed by atoms with Gasteiger partial charge in [0.2, 0.25) is 5.88 Å². The molecule has 3 aromatic rings. The van der Waals surface area contributed by atoms with Gasteiger partial charge in [-0.05, 0) is 43.0 Å². The molecule has 0 radical (unpaired) electrons. The van der Waals surface area contributed by atoms with Gasteiger partial charge in [0.25, 0.3) is 0 Å². The predicted molar refractivity (Wildman–Crippen MR) is 120 cm³/mol. The largest absolute Gasteiger partial charge is 0.481 e. The van der Waals surface area contributed by atoms with Crippen LogP contribution >= 0.6 is 0 Å². The van der Waals surface area contributed by atoms with E-state index in [9.17, 15) is 4.79 Å². The minimum Gasteiger partial charge on any atom is -0.481 e. The van der Waals surface area contributed by atoms with Crippen molar-refractivity contribution >= 4 is 16.7 Å². The number of nitrogens with two attached hydrogens (primary N) is 1. The second kappa shape index (κ2) is 8.44. The van der Waals surface area contributed by atoms with Gasteiger partial charge in [-0.25, -0.2) is 9.78 Å². The summed E-state index contributed by atoms with van der Waals surface area (Å²) in [6, 6.07) is 5.31. The molecule has 4 rings (SSSR count). The Hall–Kier alpha value is -3.10. The number of nitrogens with zero attached hydrogens (tertiary/aromatic N) is 3. The van der Waals surface area contributed by atoms with Crippen molar-refractivity contribution in [2.75, 3.05) is 20.8 Å². The predicted octanol–water partition coefficient (Wildman–Crippen LogP) is 3.32. The van der Waals surface area contributed by atoms with Crippen molar-refractivity contribution in [3.63, 3.8) is 0 Å². The van der Waals surface area contributed by atoms with Crippen molar-refractivity contribution in [2.24, 2.45) is 5.73 Å². The Morgan fingerprint density at radius 3 is 2.66 bits per heavy atom. The molecule has 2 N–H and O–H groups in total. The van der Waals surface area contributed by atoms with Crippen molar-refractivity contribution < 1.29 is 19.0 Å². The van der Waals surface area contributed by atoms with Gasteiger partial charge in [-0.3, -0.25) is 9.97 Å². The molecule has 1 aliphatic rings. The van der Waals surface area contributed by atoms with E-state index in [0.717, 1.165) is 33.4 Å². The van der Waals surface area contributed by atoms with Gasteiger partial charge in [0.1, 0.15) is 5.60 Å². The van der Waals surface area contributed by atoms with E-state index in [1.54, 1.807) is 32.7 Å². The Morgan fingerprint density at radius 1 is 1.16 bits per heavy atom. The maximum Gasteiger partial charge on any atom is 0.340 e. The maximum absolute atomic E-state index is 12.4. The first-order valence-electron chi connectivity index (χ1n) is 10.5. The van der Waals surface area contributed by atoms with Crippen LogP contribution in [0, 0.1) is 0 Å². The van der Waals surface area contributed by atoms with Crippen LogP contribution in [0.5, 0.6) is 5.88 Å². The molecule has 168 valence electrons. The second-order valence-electron chi connectivity index (χ2n) is 8.63. The van der Waals surface area contributed by atoms with Gasteiger partial charge in [-0.1, -0.05) is 6.92 Å². The average molecular weight is 437 g/mol. The molecule has 8 nitrogen and oxygen atoms in total. The standard InChI is InChI=1S/C24H28N4O4/c1-13-21-16(23(29)32-24(13,2)3)7-6-14(28-21)8-15-9-17-18(20(25)12-30-4)10-27-22(31-5)19(17)11-26-15/h6-7,9-11,13,20H,8,12,25H2,1-5H3/t13-,20-/m1/s1. The third kappa shape index (κ3) is 3.91. The molecule has 8 heteroatoms. The molecule has 3 aromatic heterocycles. The van der Waals surface area contributed by atoms with Gasteiger partial charge >= 0.3 is 5.97 Å². The van der Waals surface area contributed by atoms with Crippen LogP contribution in [0.1, 0.15) is 65.7 Å². The lowest BCUT2D eigenvalue weighted by Gasteiger charge is -2.36. The summed E-state index contributed by atoms with van der Waals surface area (Å²) in [4.78, 5) is 26.2. The highest BCUT2D eigenvalue weighted by molar-refractivity contribution is 5.92. The highest BCUT2D eigenvalue weighted by atomic mass is 16.6. The van der Waals surface area contributed by atoms with E-state index < -0.39 is 5.60 Å². The number of fused-ring (bicyclic) bond motifs is 2. The Bertz CT molecular complexity index is 1180. The molecule has 0 aliphatic carbocycles. The van der Waals surface area contributed by atoms with E-state index in [-0.39, 0.29) is 17.9 Å². The second-order valence-corrected chi connectivity index (χ2v) is 8.63. The summed E-state index contributed by atoms with van der Waals surface area (Å²) in [5.74, 6) is 0.143. The fourth-order valence-electron chi connectivity index (χ4n) is 4.01. The number of ether oxygens (including phenoxy) is 3. The molecular formula is C24H28N4O4. The summed E-state index contributed by atoms with van der Waals surface area (Å²) < 4.78 is 16.2. The third-order valence-electron chi connectivity index (χ3n) is 6.14. The van der Waals surface area contributed by atoms with Crippen molar-refractivity contribution in [1.82, 2.24) is 15.0 Å². The highest BCUT2D eigenvalue weighted by Crippen LogP contribution is 2.37. The molecule has 0 saturated heterocycles. The minimum absolute atomic E-state index is 0.0197. The van der Waals surface area contributed by atoms with Crippen LogP contribution < -0.4 is 10.5 Å². The fraction of sp³-hybridized carbons (Fsp3) is 0.417. The number of esters is 1. The maximum atomic E-state index is 12.4. The van der Waals surface area contributed by atoms with Gasteiger partial charge in [0, 0.05) is 43.2 Å². The molecule has 0 aromatic carbocycles. The summed E-state index contributed by atoms with van der Waals surface area (Å²) in [7, 11) is 3.20. The summed E-state index contributed by atoms with van der Waals surface area (Å²) in [5.41, 5.74) is 9.52. The van der Waals surface area contributed by atoms with E-state index >= 15 is 0 Å². The molecule has 0 fully saturated rings. The van der Waals surface area contributed by atoms with Crippen molar-refractivity contribution in [2.45, 2.75) is 44.8 Å². The molecule has 1 aliphatic heterocycles. The molecular weight excluding hydrogens is 408 g/mol. The molecule has 32 heavy (non-hydrogen) atoms. The number of aromatic nitrogens is 3. The summed E-state index contributed by atoms with van der Waals surface area (Å²) in [6.45, 7) is 6.21. The van der Waals surface area contributed by atoms with Gasteiger partial charge < -0.3 is 19.9 Å². The van der Waals surface area contributed by atoms with Crippen LogP contribution in [-0.4, -0.2) is 47.3 Å². The Morgan fingerprint density at radius 2 is 1.94 bits per heavy atom. The number of cyclic esters (lactones) is 1. The number of pyridine rings is 3. The number of hydrogen-bond acceptors (Lipinski definition) is 8. The SMILES string of the molecule is COC[C@@H](N)c1cnc(OC)c2cnc(Cc3ccc4c(n3)[C@@H](C)C(C)(C)OC4=O)cc12. The van der Waals surface area contributed by atoms with Crippen LogP contribution in [0.3, 0.4) is 0 Å². The van der Waals surface area contributed by atoms with E-state index in [2.05, 4.69) is 9.97 Å². The Kier molecular flexibility index (Phi) is 5.83. The lowest BCUT2D eigenvalue weighted by Crippen LogP contribution is -2.39. The van der Waals surface area contributed by atoms with Gasteiger partial charge in [0.15, 0.2) is 0 Å². The molecule has 0 saturated carbocycles. The van der Waals surface area contributed by atoms with Gasteiger partial charge in [-0.15, -0.1) is 0 Å². The minimum atomic E-state index is -0.604. The zero-order valence-electron chi connectivity index (χ0n) is 19.0. The fourth-order valence-corrected chi connectivity index (χ4v) is 4.01. The first-order valence-corrected chi connectivity index (χ1v) is 10.5. The monoisotopic (exact) mass is 436 g/mol. The van der Waals surface area contributed by atoms with Gasteiger partial charge in [0.05, 0.1) is 36.4 Å². The van der Waals surface area contributed by atoms with Crippen molar-refractivity contribution in [3.8, 4) is 5.88 Å². The summed E-state index contributed by atoms with van der Waals surface area (Å²) >= 11 is 0. The molecule has 2 atom stereocenters. The molecule has 0 amide bonds. The third-order valence-corrected chi connectivity index (χ3v) is 6.14. The van der Waals surface area contributed by atoms with Crippen LogP contribution in [0.2, 0.25) is 0 Å². The normalized spacial score (nSPS) is 18.2. The lowest BCUT2D eigenvalue weighted by molar-refractivity contribution is -0.0190. The summed E-state index contributed by atoms with van der Waals surface area (Å²) in [6.07, 6.45) is 3.98. The first kappa shape index (κ1) is 22.1. The topological polar surface area (TPSA) is 109 Å². The average Bonchev–Trinajstić information content (AvgIpc) is 2.76. The number of carbonyl (C=O) groups excluding carboxylic acids is 1. The lowest BCUT2D eigenvalue weighted by atomic mass is 9.84.